The zero-order valence-electron chi connectivity index (χ0n) is 13.6. The third-order valence-electron chi connectivity index (χ3n) is 3.61. The maximum atomic E-state index is 9.00. The Balaban J connectivity index is 2.04. The molecule has 0 amide bonds. The van der Waals surface area contributed by atoms with E-state index in [1.54, 1.807) is 19.4 Å². The Morgan fingerprint density at radius 1 is 1.17 bits per heavy atom. The van der Waals surface area contributed by atoms with Crippen LogP contribution in [-0.4, -0.2) is 47.4 Å². The first kappa shape index (κ1) is 15.9. The average Bonchev–Trinajstić information content (AvgIpc) is 2.65. The highest BCUT2D eigenvalue weighted by atomic mass is 16.5. The number of nitrogens with zero attached hydrogens (tertiary/aromatic N) is 4. The SMILES string of the molecule is COc1ccc(N(C)c2nc(NCCO)nc3ccccc23)cn1. The predicted octanol–water partition coefficient (Wildman–Crippen LogP) is 2.21. The molecule has 0 fully saturated rings. The molecule has 0 unspecified atom stereocenters. The van der Waals surface area contributed by atoms with E-state index >= 15 is 0 Å². The molecule has 0 saturated carbocycles. The molecule has 2 N–H and O–H groups in total. The van der Waals surface area contributed by atoms with Crippen molar-refractivity contribution in [3.63, 3.8) is 0 Å². The van der Waals surface area contributed by atoms with E-state index in [4.69, 9.17) is 9.84 Å². The van der Waals surface area contributed by atoms with Crippen molar-refractivity contribution in [2.24, 2.45) is 0 Å². The molecule has 7 heteroatoms. The molecule has 2 heterocycles. The van der Waals surface area contributed by atoms with E-state index < -0.39 is 0 Å². The van der Waals surface area contributed by atoms with Crippen molar-refractivity contribution in [2.75, 3.05) is 37.5 Å². The number of para-hydroxylation sites is 1. The van der Waals surface area contributed by atoms with Gasteiger partial charge in [0.2, 0.25) is 11.8 Å². The van der Waals surface area contributed by atoms with Crippen LogP contribution in [-0.2, 0) is 0 Å². The molecular formula is C17H19N5O2. The van der Waals surface area contributed by atoms with Gasteiger partial charge in [0.25, 0.3) is 0 Å². The molecule has 0 bridgehead atoms. The second-order valence-corrected chi connectivity index (χ2v) is 5.16. The van der Waals surface area contributed by atoms with Gasteiger partial charge in [0.1, 0.15) is 5.82 Å². The van der Waals surface area contributed by atoms with Crippen LogP contribution in [0.25, 0.3) is 10.9 Å². The lowest BCUT2D eigenvalue weighted by Gasteiger charge is -2.20. The minimum atomic E-state index is 0.0176. The number of rotatable bonds is 6. The lowest BCUT2D eigenvalue weighted by atomic mass is 10.2. The summed E-state index contributed by atoms with van der Waals surface area (Å²) in [5.41, 5.74) is 1.71. The molecular weight excluding hydrogens is 306 g/mol. The summed E-state index contributed by atoms with van der Waals surface area (Å²) >= 11 is 0. The van der Waals surface area contributed by atoms with Crippen LogP contribution >= 0.6 is 0 Å². The third-order valence-corrected chi connectivity index (χ3v) is 3.61. The summed E-state index contributed by atoms with van der Waals surface area (Å²) in [6.07, 6.45) is 1.73. The highest BCUT2D eigenvalue weighted by Crippen LogP contribution is 2.29. The maximum absolute atomic E-state index is 9.00. The molecule has 7 nitrogen and oxygen atoms in total. The Bertz CT molecular complexity index is 823. The van der Waals surface area contributed by atoms with Gasteiger partial charge >= 0.3 is 0 Å². The maximum Gasteiger partial charge on any atom is 0.225 e. The number of aliphatic hydroxyl groups is 1. The number of methoxy groups -OCH3 is 1. The van der Waals surface area contributed by atoms with Crippen molar-refractivity contribution in [3.8, 4) is 5.88 Å². The highest BCUT2D eigenvalue weighted by molar-refractivity contribution is 5.92. The van der Waals surface area contributed by atoms with E-state index in [0.717, 1.165) is 22.4 Å². The van der Waals surface area contributed by atoms with Crippen LogP contribution in [0.1, 0.15) is 0 Å². The van der Waals surface area contributed by atoms with Crippen molar-refractivity contribution in [3.05, 3.63) is 42.6 Å². The summed E-state index contributed by atoms with van der Waals surface area (Å²) in [6.45, 7) is 0.412. The quantitative estimate of drug-likeness (QED) is 0.719. The third kappa shape index (κ3) is 3.21. The molecule has 1 aromatic carbocycles. The minimum Gasteiger partial charge on any atom is -0.481 e. The monoisotopic (exact) mass is 325 g/mol. The van der Waals surface area contributed by atoms with Crippen LogP contribution in [0, 0.1) is 0 Å². The van der Waals surface area contributed by atoms with E-state index in [9.17, 15) is 0 Å². The second kappa shape index (κ2) is 7.10. The first-order valence-corrected chi connectivity index (χ1v) is 7.58. The van der Waals surface area contributed by atoms with Crippen molar-refractivity contribution in [1.29, 1.82) is 0 Å². The fourth-order valence-electron chi connectivity index (χ4n) is 2.38. The molecule has 0 atom stereocenters. The number of anilines is 3. The van der Waals surface area contributed by atoms with E-state index in [-0.39, 0.29) is 6.61 Å². The molecule has 0 aliphatic carbocycles. The van der Waals surface area contributed by atoms with Gasteiger partial charge in [0.05, 0.1) is 31.1 Å². The average molecular weight is 325 g/mol. The molecule has 0 aliphatic heterocycles. The summed E-state index contributed by atoms with van der Waals surface area (Å²) in [7, 11) is 3.51. The molecule has 124 valence electrons. The summed E-state index contributed by atoms with van der Waals surface area (Å²) in [5, 5.41) is 13.0. The summed E-state index contributed by atoms with van der Waals surface area (Å²) in [5.74, 6) is 1.80. The molecule has 0 radical (unpaired) electrons. The normalized spacial score (nSPS) is 10.6. The largest absolute Gasteiger partial charge is 0.481 e. The van der Waals surface area contributed by atoms with Gasteiger partial charge in [-0.1, -0.05) is 12.1 Å². The molecule has 0 spiro atoms. The van der Waals surface area contributed by atoms with E-state index in [1.807, 2.05) is 42.3 Å². The first-order valence-electron chi connectivity index (χ1n) is 7.58. The second-order valence-electron chi connectivity index (χ2n) is 5.16. The zero-order valence-corrected chi connectivity index (χ0v) is 13.6. The lowest BCUT2D eigenvalue weighted by molar-refractivity contribution is 0.311. The molecule has 0 aliphatic rings. The lowest BCUT2D eigenvalue weighted by Crippen LogP contribution is -2.15. The van der Waals surface area contributed by atoms with Crippen LogP contribution in [0.5, 0.6) is 5.88 Å². The summed E-state index contributed by atoms with van der Waals surface area (Å²) in [4.78, 5) is 15.3. The Labute approximate surface area is 140 Å². The smallest absolute Gasteiger partial charge is 0.225 e. The van der Waals surface area contributed by atoms with Crippen LogP contribution in [0.4, 0.5) is 17.5 Å². The highest BCUT2D eigenvalue weighted by Gasteiger charge is 2.13. The van der Waals surface area contributed by atoms with Gasteiger partial charge in [-0.25, -0.2) is 9.97 Å². The zero-order chi connectivity index (χ0) is 16.9. The number of hydrogen-bond acceptors (Lipinski definition) is 7. The predicted molar refractivity (Wildman–Crippen MR) is 94.0 cm³/mol. The van der Waals surface area contributed by atoms with Crippen molar-refractivity contribution in [1.82, 2.24) is 15.0 Å². The van der Waals surface area contributed by atoms with E-state index in [0.29, 0.717) is 18.4 Å². The number of fused-ring (bicyclic) bond motifs is 1. The van der Waals surface area contributed by atoms with Crippen LogP contribution in [0.3, 0.4) is 0 Å². The van der Waals surface area contributed by atoms with Gasteiger partial charge in [0.15, 0.2) is 0 Å². The first-order chi connectivity index (χ1) is 11.7. The number of aliphatic hydroxyl groups excluding tert-OH is 1. The number of pyridine rings is 1. The van der Waals surface area contributed by atoms with Crippen LogP contribution < -0.4 is 15.0 Å². The molecule has 3 aromatic rings. The number of ether oxygens (including phenoxy) is 1. The van der Waals surface area contributed by atoms with Crippen LogP contribution in [0.15, 0.2) is 42.6 Å². The van der Waals surface area contributed by atoms with Crippen molar-refractivity contribution < 1.29 is 9.84 Å². The number of benzene rings is 1. The number of hydrogen-bond donors (Lipinski definition) is 2. The Kier molecular flexibility index (Phi) is 4.72. The molecule has 3 rings (SSSR count). The molecule has 2 aromatic heterocycles. The number of aromatic nitrogens is 3. The van der Waals surface area contributed by atoms with Gasteiger partial charge in [-0.05, 0) is 18.2 Å². The fraction of sp³-hybridized carbons (Fsp3) is 0.235. The minimum absolute atomic E-state index is 0.0176. The Hall–Kier alpha value is -2.93. The summed E-state index contributed by atoms with van der Waals surface area (Å²) < 4.78 is 5.10. The van der Waals surface area contributed by atoms with Gasteiger partial charge < -0.3 is 20.1 Å². The van der Waals surface area contributed by atoms with E-state index in [2.05, 4.69) is 20.3 Å². The van der Waals surface area contributed by atoms with E-state index in [1.165, 1.54) is 0 Å². The van der Waals surface area contributed by atoms with Gasteiger partial charge in [-0.15, -0.1) is 0 Å². The summed E-state index contributed by atoms with van der Waals surface area (Å²) in [6, 6.07) is 11.5. The molecule has 24 heavy (non-hydrogen) atoms. The standard InChI is InChI=1S/C17H19N5O2/c1-22(12-7-8-15(24-2)19-11-12)16-13-5-3-4-6-14(13)20-17(21-16)18-9-10-23/h3-8,11,23H,9-10H2,1-2H3,(H,18,20,21). The molecule has 0 saturated heterocycles. The van der Waals surface area contributed by atoms with Gasteiger partial charge in [-0.3, -0.25) is 0 Å². The Morgan fingerprint density at radius 3 is 2.71 bits per heavy atom. The topological polar surface area (TPSA) is 83.4 Å². The van der Waals surface area contributed by atoms with Crippen LogP contribution in [0.2, 0.25) is 0 Å². The fourth-order valence-corrected chi connectivity index (χ4v) is 2.38. The van der Waals surface area contributed by atoms with Gasteiger partial charge in [0, 0.05) is 25.0 Å². The van der Waals surface area contributed by atoms with Gasteiger partial charge in [-0.2, -0.15) is 4.98 Å². The van der Waals surface area contributed by atoms with Crippen molar-refractivity contribution in [2.45, 2.75) is 0 Å². The van der Waals surface area contributed by atoms with Crippen molar-refractivity contribution >= 4 is 28.4 Å². The Morgan fingerprint density at radius 2 is 2.00 bits per heavy atom. The number of nitrogens with one attached hydrogen (secondary N) is 1.